The Morgan fingerprint density at radius 3 is 2.05 bits per heavy atom. The lowest BCUT2D eigenvalue weighted by Gasteiger charge is -2.19. The van der Waals surface area contributed by atoms with Crippen LogP contribution in [0.15, 0.2) is 12.1 Å². The number of ether oxygens (including phenoxy) is 3. The third-order valence-electron chi connectivity index (χ3n) is 2.99. The van der Waals surface area contributed by atoms with Gasteiger partial charge in [0.2, 0.25) is 5.75 Å². The molecule has 114 valence electrons. The average molecular weight is 281 g/mol. The van der Waals surface area contributed by atoms with Gasteiger partial charge in [-0.05, 0) is 24.6 Å². The van der Waals surface area contributed by atoms with Crippen molar-refractivity contribution in [2.75, 3.05) is 27.4 Å². The summed E-state index contributed by atoms with van der Waals surface area (Å²) in [6, 6.07) is 4.39. The largest absolute Gasteiger partial charge is 0.493 e. The van der Waals surface area contributed by atoms with E-state index in [9.17, 15) is 0 Å². The first-order valence-electron chi connectivity index (χ1n) is 7.06. The molecular weight excluding hydrogens is 254 g/mol. The summed E-state index contributed by atoms with van der Waals surface area (Å²) in [5.74, 6) is 2.52. The fraction of sp³-hybridized carbons (Fsp3) is 0.625. The Morgan fingerprint density at radius 2 is 1.60 bits per heavy atom. The first kappa shape index (κ1) is 16.6. The molecule has 0 saturated heterocycles. The number of benzene rings is 1. The smallest absolute Gasteiger partial charge is 0.203 e. The molecule has 1 aromatic rings. The van der Waals surface area contributed by atoms with E-state index in [0.29, 0.717) is 35.8 Å². The Hall–Kier alpha value is -1.42. The van der Waals surface area contributed by atoms with Gasteiger partial charge >= 0.3 is 0 Å². The number of nitrogens with one attached hydrogen (secondary N) is 1. The van der Waals surface area contributed by atoms with E-state index < -0.39 is 0 Å². The van der Waals surface area contributed by atoms with Crippen LogP contribution < -0.4 is 19.5 Å². The maximum atomic E-state index is 5.91. The molecule has 1 N–H and O–H groups in total. The molecule has 4 heteroatoms. The van der Waals surface area contributed by atoms with Gasteiger partial charge in [0, 0.05) is 18.5 Å². The van der Waals surface area contributed by atoms with Crippen molar-refractivity contribution in [3.63, 3.8) is 0 Å². The van der Waals surface area contributed by atoms with Crippen molar-refractivity contribution >= 4 is 0 Å². The molecule has 1 rings (SSSR count). The van der Waals surface area contributed by atoms with Crippen LogP contribution in [0.25, 0.3) is 0 Å². The van der Waals surface area contributed by atoms with Gasteiger partial charge in [0.15, 0.2) is 11.5 Å². The van der Waals surface area contributed by atoms with Crippen molar-refractivity contribution in [2.45, 2.75) is 33.7 Å². The summed E-state index contributed by atoms with van der Waals surface area (Å²) in [7, 11) is 3.29. The highest BCUT2D eigenvalue weighted by molar-refractivity contribution is 5.53. The molecule has 0 amide bonds. The van der Waals surface area contributed by atoms with Crippen molar-refractivity contribution < 1.29 is 14.2 Å². The Balaban J connectivity index is 2.71. The number of rotatable bonds is 8. The molecule has 0 radical (unpaired) electrons. The van der Waals surface area contributed by atoms with E-state index in [1.54, 1.807) is 14.2 Å². The van der Waals surface area contributed by atoms with E-state index in [0.717, 1.165) is 12.1 Å². The van der Waals surface area contributed by atoms with Crippen molar-refractivity contribution in [1.29, 1.82) is 0 Å². The van der Waals surface area contributed by atoms with E-state index >= 15 is 0 Å². The molecule has 0 aliphatic carbocycles. The van der Waals surface area contributed by atoms with Gasteiger partial charge in [0.1, 0.15) is 0 Å². The quantitative estimate of drug-likeness (QED) is 0.795. The summed E-state index contributed by atoms with van der Waals surface area (Å²) in [4.78, 5) is 0. The highest BCUT2D eigenvalue weighted by atomic mass is 16.5. The number of methoxy groups -OCH3 is 2. The molecule has 1 aromatic carbocycles. The van der Waals surface area contributed by atoms with Crippen LogP contribution in [-0.4, -0.2) is 33.4 Å². The van der Waals surface area contributed by atoms with Gasteiger partial charge in [0.05, 0.1) is 20.8 Å². The second-order valence-corrected chi connectivity index (χ2v) is 5.48. The van der Waals surface area contributed by atoms with Gasteiger partial charge in [-0.1, -0.05) is 20.8 Å². The van der Waals surface area contributed by atoms with Crippen LogP contribution in [-0.2, 0) is 0 Å². The highest BCUT2D eigenvalue weighted by Crippen LogP contribution is 2.38. The molecule has 1 unspecified atom stereocenters. The van der Waals surface area contributed by atoms with Gasteiger partial charge in [0.25, 0.3) is 0 Å². The molecule has 0 fully saturated rings. The summed E-state index contributed by atoms with van der Waals surface area (Å²) < 4.78 is 16.7. The molecule has 0 bridgehead atoms. The number of hydrogen-bond acceptors (Lipinski definition) is 4. The Labute approximate surface area is 122 Å². The van der Waals surface area contributed by atoms with Crippen LogP contribution >= 0.6 is 0 Å². The molecule has 0 saturated carbocycles. The van der Waals surface area contributed by atoms with Crippen LogP contribution in [0, 0.1) is 12.8 Å². The van der Waals surface area contributed by atoms with Gasteiger partial charge in [-0.25, -0.2) is 0 Å². The Kier molecular flexibility index (Phi) is 6.65. The molecule has 0 heterocycles. The first-order chi connectivity index (χ1) is 9.47. The standard InChI is InChI=1S/C16H27NO3/c1-11(2)17-9-13(4)10-20-16-14(18-5)7-12(3)8-15(16)19-6/h7-8,11,13,17H,9-10H2,1-6H3. The van der Waals surface area contributed by atoms with Gasteiger partial charge in [-0.3, -0.25) is 0 Å². The van der Waals surface area contributed by atoms with Gasteiger partial charge < -0.3 is 19.5 Å². The Bertz CT molecular complexity index is 393. The fourth-order valence-corrected chi connectivity index (χ4v) is 1.87. The first-order valence-corrected chi connectivity index (χ1v) is 7.06. The van der Waals surface area contributed by atoms with E-state index in [4.69, 9.17) is 14.2 Å². The van der Waals surface area contributed by atoms with Crippen LogP contribution in [0.5, 0.6) is 17.2 Å². The monoisotopic (exact) mass is 281 g/mol. The van der Waals surface area contributed by atoms with Crippen molar-refractivity contribution in [3.8, 4) is 17.2 Å². The van der Waals surface area contributed by atoms with Crippen molar-refractivity contribution in [3.05, 3.63) is 17.7 Å². The van der Waals surface area contributed by atoms with Gasteiger partial charge in [-0.15, -0.1) is 0 Å². The molecule has 0 aliphatic rings. The van der Waals surface area contributed by atoms with Crippen molar-refractivity contribution in [1.82, 2.24) is 5.32 Å². The predicted molar refractivity (Wildman–Crippen MR) is 82.1 cm³/mol. The molecule has 0 aromatic heterocycles. The van der Waals surface area contributed by atoms with E-state index in [1.165, 1.54) is 0 Å². The second kappa shape index (κ2) is 8.00. The maximum Gasteiger partial charge on any atom is 0.203 e. The lowest BCUT2D eigenvalue weighted by atomic mass is 10.2. The molecular formula is C16H27NO3. The minimum atomic E-state index is 0.410. The average Bonchev–Trinajstić information content (AvgIpc) is 2.42. The topological polar surface area (TPSA) is 39.7 Å². The molecule has 20 heavy (non-hydrogen) atoms. The predicted octanol–water partition coefficient (Wildman–Crippen LogP) is 3.03. The summed E-state index contributed by atoms with van der Waals surface area (Å²) in [6.45, 7) is 9.98. The fourth-order valence-electron chi connectivity index (χ4n) is 1.87. The lowest BCUT2D eigenvalue weighted by Crippen LogP contribution is -2.30. The zero-order chi connectivity index (χ0) is 15.1. The van der Waals surface area contributed by atoms with Gasteiger partial charge in [-0.2, -0.15) is 0 Å². The zero-order valence-corrected chi connectivity index (χ0v) is 13.4. The normalized spacial score (nSPS) is 12.3. The molecule has 4 nitrogen and oxygen atoms in total. The second-order valence-electron chi connectivity index (χ2n) is 5.48. The summed E-state index contributed by atoms with van der Waals surface area (Å²) in [5, 5.41) is 3.41. The van der Waals surface area contributed by atoms with E-state index in [2.05, 4.69) is 26.1 Å². The molecule has 1 atom stereocenters. The van der Waals surface area contributed by atoms with Crippen LogP contribution in [0.4, 0.5) is 0 Å². The minimum absolute atomic E-state index is 0.410. The Morgan fingerprint density at radius 1 is 1.05 bits per heavy atom. The summed E-state index contributed by atoms with van der Waals surface area (Å²) in [6.07, 6.45) is 0. The summed E-state index contributed by atoms with van der Waals surface area (Å²) >= 11 is 0. The van der Waals surface area contributed by atoms with E-state index in [1.807, 2.05) is 19.1 Å². The molecule has 0 aliphatic heterocycles. The van der Waals surface area contributed by atoms with Crippen molar-refractivity contribution in [2.24, 2.45) is 5.92 Å². The van der Waals surface area contributed by atoms with Crippen LogP contribution in [0.3, 0.4) is 0 Å². The van der Waals surface area contributed by atoms with Crippen LogP contribution in [0.2, 0.25) is 0 Å². The number of aryl methyl sites for hydroxylation is 1. The molecule has 0 spiro atoms. The lowest BCUT2D eigenvalue weighted by molar-refractivity contribution is 0.230. The van der Waals surface area contributed by atoms with Crippen LogP contribution in [0.1, 0.15) is 26.3 Å². The zero-order valence-electron chi connectivity index (χ0n) is 13.4. The number of hydrogen-bond donors (Lipinski definition) is 1. The SMILES string of the molecule is COc1cc(C)cc(OC)c1OCC(C)CNC(C)C. The third kappa shape index (κ3) is 4.93. The van der Waals surface area contributed by atoms with E-state index in [-0.39, 0.29) is 0 Å². The highest BCUT2D eigenvalue weighted by Gasteiger charge is 2.14. The third-order valence-corrected chi connectivity index (χ3v) is 2.99. The minimum Gasteiger partial charge on any atom is -0.493 e. The summed E-state index contributed by atoms with van der Waals surface area (Å²) in [5.41, 5.74) is 1.08. The maximum absolute atomic E-state index is 5.91.